The van der Waals surface area contributed by atoms with Crippen LogP contribution < -0.4 is 5.32 Å². The van der Waals surface area contributed by atoms with Crippen LogP contribution in [0.5, 0.6) is 0 Å². The Bertz CT molecular complexity index is 686. The minimum atomic E-state index is 0.664. The molecule has 2 heterocycles. The van der Waals surface area contributed by atoms with Crippen molar-refractivity contribution >= 4 is 5.69 Å². The summed E-state index contributed by atoms with van der Waals surface area (Å²) in [7, 11) is 0. The van der Waals surface area contributed by atoms with Crippen LogP contribution in [0.1, 0.15) is 50.2 Å². The third-order valence-corrected chi connectivity index (χ3v) is 5.67. The number of anilines is 1. The summed E-state index contributed by atoms with van der Waals surface area (Å²) < 4.78 is 5.36. The largest absolute Gasteiger partial charge is 0.472 e. The fourth-order valence-electron chi connectivity index (χ4n) is 4.71. The number of nitrogens with zero attached hydrogens (tertiary/aromatic N) is 1. The lowest BCUT2D eigenvalue weighted by atomic mass is 9.77. The molecular weight excluding hydrogens is 296 g/mol. The van der Waals surface area contributed by atoms with Crippen LogP contribution in [0.25, 0.3) is 11.1 Å². The van der Waals surface area contributed by atoms with Crippen LogP contribution in [0.15, 0.2) is 35.1 Å². The first-order valence-corrected chi connectivity index (χ1v) is 9.48. The van der Waals surface area contributed by atoms with E-state index in [2.05, 4.69) is 42.3 Å². The summed E-state index contributed by atoms with van der Waals surface area (Å²) in [6, 6.07) is 7.30. The summed E-state index contributed by atoms with van der Waals surface area (Å²) in [4.78, 5) is 2.73. The lowest BCUT2D eigenvalue weighted by Gasteiger charge is -2.38. The van der Waals surface area contributed by atoms with Crippen molar-refractivity contribution < 1.29 is 4.42 Å². The highest BCUT2D eigenvalue weighted by atomic mass is 16.3. The molecular formula is C21H28N2O. The summed E-state index contributed by atoms with van der Waals surface area (Å²) in [6.07, 6.45) is 8.60. The fraction of sp³-hybridized carbons (Fsp3) is 0.524. The quantitative estimate of drug-likeness (QED) is 0.820. The molecule has 2 aromatic rings. The maximum Gasteiger partial charge on any atom is 0.0981 e. The molecule has 2 aliphatic rings. The molecule has 0 fully saturated rings. The molecule has 4 rings (SSSR count). The van der Waals surface area contributed by atoms with E-state index in [4.69, 9.17) is 4.42 Å². The Morgan fingerprint density at radius 1 is 1.17 bits per heavy atom. The van der Waals surface area contributed by atoms with Gasteiger partial charge in [0.25, 0.3) is 0 Å². The summed E-state index contributed by atoms with van der Waals surface area (Å²) in [5.74, 6) is 0.664. The Labute approximate surface area is 145 Å². The van der Waals surface area contributed by atoms with E-state index in [9.17, 15) is 0 Å². The molecule has 1 aliphatic heterocycles. The molecule has 0 spiro atoms. The Morgan fingerprint density at radius 3 is 2.71 bits per heavy atom. The number of benzene rings is 1. The fourth-order valence-corrected chi connectivity index (χ4v) is 4.71. The molecule has 128 valence electrons. The van der Waals surface area contributed by atoms with Crippen LogP contribution in [-0.2, 0) is 6.42 Å². The van der Waals surface area contributed by atoms with Crippen LogP contribution in [0.3, 0.4) is 0 Å². The molecule has 0 bridgehead atoms. The normalized spacial score (nSPS) is 21.8. The molecule has 0 radical (unpaired) electrons. The van der Waals surface area contributed by atoms with Gasteiger partial charge in [-0.05, 0) is 67.6 Å². The van der Waals surface area contributed by atoms with Crippen LogP contribution in [0.4, 0.5) is 5.69 Å². The Balaban J connectivity index is 1.73. The summed E-state index contributed by atoms with van der Waals surface area (Å²) >= 11 is 0. The number of rotatable bonds is 6. The Kier molecular flexibility index (Phi) is 4.36. The molecule has 1 aliphatic carbocycles. The van der Waals surface area contributed by atoms with Gasteiger partial charge in [0.05, 0.1) is 12.5 Å². The van der Waals surface area contributed by atoms with E-state index in [-0.39, 0.29) is 0 Å². The van der Waals surface area contributed by atoms with Gasteiger partial charge in [-0.25, -0.2) is 0 Å². The average molecular weight is 324 g/mol. The summed E-state index contributed by atoms with van der Waals surface area (Å²) in [5.41, 5.74) is 7.08. The van der Waals surface area contributed by atoms with E-state index < -0.39 is 0 Å². The standard InChI is InChI=1S/C21H28N2O/c1-3-8-23(9-4-2)17-11-16-13-22-20-6-5-18(15-7-10-24-14-15)19(12-17)21(16)20/h5-7,10,14,16-17,22H,3-4,8-9,11-13H2,1-2H3/t16-,17-/m1/s1. The average Bonchev–Trinajstić information content (AvgIpc) is 3.26. The molecule has 24 heavy (non-hydrogen) atoms. The zero-order valence-electron chi connectivity index (χ0n) is 14.8. The molecule has 0 saturated carbocycles. The smallest absolute Gasteiger partial charge is 0.0981 e. The van der Waals surface area contributed by atoms with Crippen molar-refractivity contribution in [2.75, 3.05) is 25.0 Å². The maximum absolute atomic E-state index is 5.36. The minimum Gasteiger partial charge on any atom is -0.472 e. The van der Waals surface area contributed by atoms with Crippen molar-refractivity contribution in [1.29, 1.82) is 0 Å². The Hall–Kier alpha value is -1.74. The second kappa shape index (κ2) is 6.64. The van der Waals surface area contributed by atoms with Crippen LogP contribution in [0, 0.1) is 0 Å². The van der Waals surface area contributed by atoms with Crippen LogP contribution in [-0.4, -0.2) is 30.6 Å². The summed E-state index contributed by atoms with van der Waals surface area (Å²) in [5, 5.41) is 3.64. The molecule has 3 heteroatoms. The van der Waals surface area contributed by atoms with Gasteiger partial charge in [-0.1, -0.05) is 19.9 Å². The van der Waals surface area contributed by atoms with Gasteiger partial charge in [0.1, 0.15) is 0 Å². The third-order valence-electron chi connectivity index (χ3n) is 5.67. The van der Waals surface area contributed by atoms with Gasteiger partial charge in [-0.2, -0.15) is 0 Å². The predicted molar refractivity (Wildman–Crippen MR) is 99.6 cm³/mol. The predicted octanol–water partition coefficient (Wildman–Crippen LogP) is 4.89. The van der Waals surface area contributed by atoms with Gasteiger partial charge < -0.3 is 14.6 Å². The first-order valence-electron chi connectivity index (χ1n) is 9.48. The molecule has 0 saturated heterocycles. The monoisotopic (exact) mass is 324 g/mol. The van der Waals surface area contributed by atoms with Gasteiger partial charge in [0.2, 0.25) is 0 Å². The SMILES string of the molecule is CCCN(CCC)[C@H]1Cc2c(-c3ccoc3)ccc3c2[C@@H](CN3)C1. The summed E-state index contributed by atoms with van der Waals surface area (Å²) in [6.45, 7) is 8.13. The van der Waals surface area contributed by atoms with Gasteiger partial charge in [0.15, 0.2) is 0 Å². The number of hydrogen-bond acceptors (Lipinski definition) is 3. The molecule has 0 amide bonds. The second-order valence-corrected chi connectivity index (χ2v) is 7.27. The zero-order valence-corrected chi connectivity index (χ0v) is 14.8. The van der Waals surface area contributed by atoms with Crippen molar-refractivity contribution in [3.63, 3.8) is 0 Å². The first-order chi connectivity index (χ1) is 11.8. The molecule has 0 unspecified atom stereocenters. The lowest BCUT2D eigenvalue weighted by molar-refractivity contribution is 0.173. The van der Waals surface area contributed by atoms with E-state index in [0.717, 1.165) is 6.54 Å². The van der Waals surface area contributed by atoms with Gasteiger partial charge >= 0.3 is 0 Å². The van der Waals surface area contributed by atoms with Crippen molar-refractivity contribution in [2.45, 2.75) is 51.5 Å². The zero-order chi connectivity index (χ0) is 16.5. The highest BCUT2D eigenvalue weighted by Gasteiger charge is 2.36. The molecule has 1 aromatic carbocycles. The minimum absolute atomic E-state index is 0.664. The van der Waals surface area contributed by atoms with Crippen molar-refractivity contribution in [3.05, 3.63) is 41.9 Å². The number of nitrogens with one attached hydrogen (secondary N) is 1. The number of hydrogen-bond donors (Lipinski definition) is 1. The topological polar surface area (TPSA) is 28.4 Å². The van der Waals surface area contributed by atoms with E-state index in [0.29, 0.717) is 12.0 Å². The first kappa shape index (κ1) is 15.8. The number of furan rings is 1. The Morgan fingerprint density at radius 2 is 2.00 bits per heavy atom. The lowest BCUT2D eigenvalue weighted by Crippen LogP contribution is -2.41. The highest BCUT2D eigenvalue weighted by Crippen LogP contribution is 2.46. The van der Waals surface area contributed by atoms with Crippen LogP contribution in [0.2, 0.25) is 0 Å². The van der Waals surface area contributed by atoms with Crippen molar-refractivity contribution in [3.8, 4) is 11.1 Å². The van der Waals surface area contributed by atoms with Gasteiger partial charge in [-0.15, -0.1) is 0 Å². The van der Waals surface area contributed by atoms with E-state index in [1.54, 1.807) is 17.4 Å². The maximum atomic E-state index is 5.36. The second-order valence-electron chi connectivity index (χ2n) is 7.27. The highest BCUT2D eigenvalue weighted by molar-refractivity contribution is 5.75. The van der Waals surface area contributed by atoms with Crippen LogP contribution >= 0.6 is 0 Å². The van der Waals surface area contributed by atoms with E-state index >= 15 is 0 Å². The van der Waals surface area contributed by atoms with E-state index in [1.165, 1.54) is 55.6 Å². The molecule has 3 nitrogen and oxygen atoms in total. The molecule has 1 aromatic heterocycles. The molecule has 1 N–H and O–H groups in total. The van der Waals surface area contributed by atoms with E-state index in [1.807, 2.05) is 6.26 Å². The van der Waals surface area contributed by atoms with Gasteiger partial charge in [-0.3, -0.25) is 0 Å². The third kappa shape index (κ3) is 2.65. The van der Waals surface area contributed by atoms with Crippen molar-refractivity contribution in [1.82, 2.24) is 4.90 Å². The molecule has 2 atom stereocenters. The van der Waals surface area contributed by atoms with Gasteiger partial charge in [0, 0.05) is 29.8 Å². The van der Waals surface area contributed by atoms with Crippen molar-refractivity contribution in [2.24, 2.45) is 0 Å².